The first-order valence-electron chi connectivity index (χ1n) is 9.03. The fourth-order valence-corrected chi connectivity index (χ4v) is 2.93. The number of carbonyl (C=O) groups excluding carboxylic acids is 1. The molecule has 0 aromatic heterocycles. The molecule has 1 saturated heterocycles. The molecule has 1 heterocycles. The van der Waals surface area contributed by atoms with Crippen molar-refractivity contribution in [1.82, 2.24) is 10.6 Å². The van der Waals surface area contributed by atoms with E-state index < -0.39 is 0 Å². The molecule has 0 spiro atoms. The quantitative estimate of drug-likeness (QED) is 0.716. The van der Waals surface area contributed by atoms with Crippen LogP contribution in [0.2, 0.25) is 0 Å². The van der Waals surface area contributed by atoms with Gasteiger partial charge in [0.25, 0.3) is 0 Å². The third-order valence-corrected chi connectivity index (χ3v) is 3.98. The third-order valence-electron chi connectivity index (χ3n) is 3.98. The zero-order valence-corrected chi connectivity index (χ0v) is 16.1. The van der Waals surface area contributed by atoms with Gasteiger partial charge in [0.15, 0.2) is 0 Å². The van der Waals surface area contributed by atoms with Crippen molar-refractivity contribution < 1.29 is 9.53 Å². The van der Waals surface area contributed by atoms with Gasteiger partial charge in [-0.25, -0.2) is 4.79 Å². The van der Waals surface area contributed by atoms with Crippen LogP contribution in [0.1, 0.15) is 34.6 Å². The molecule has 3 N–H and O–H groups in total. The fraction of sp³-hybridized carbons (Fsp3) is 0.632. The standard InChI is InChI=1S/C19H32N4O2/c1-14-12-23(13-15(2)25-14)17-8-6-16(7-9-17)22-18(24)20-10-11-21-19(3,4)5/h6-9,14-15,21H,10-13H2,1-5H3,(H2,20,22,24)/t14-,15-/m1/s1. The maximum Gasteiger partial charge on any atom is 0.319 e. The van der Waals surface area contributed by atoms with Crippen LogP contribution in [0.3, 0.4) is 0 Å². The number of hydrogen-bond acceptors (Lipinski definition) is 4. The highest BCUT2D eigenvalue weighted by molar-refractivity contribution is 5.89. The van der Waals surface area contributed by atoms with Gasteiger partial charge < -0.3 is 25.6 Å². The summed E-state index contributed by atoms with van der Waals surface area (Å²) in [6, 6.07) is 7.78. The second kappa shape index (κ2) is 8.54. The summed E-state index contributed by atoms with van der Waals surface area (Å²) in [7, 11) is 0. The van der Waals surface area contributed by atoms with Crippen LogP contribution in [0.25, 0.3) is 0 Å². The van der Waals surface area contributed by atoms with Crippen molar-refractivity contribution in [1.29, 1.82) is 0 Å². The van der Waals surface area contributed by atoms with Crippen molar-refractivity contribution in [2.45, 2.75) is 52.4 Å². The van der Waals surface area contributed by atoms with Crippen LogP contribution in [0, 0.1) is 0 Å². The van der Waals surface area contributed by atoms with Crippen LogP contribution in [0.4, 0.5) is 16.2 Å². The molecule has 2 amide bonds. The Kier molecular flexibility index (Phi) is 6.67. The maximum absolute atomic E-state index is 11.9. The van der Waals surface area contributed by atoms with Crippen LogP contribution in [0.5, 0.6) is 0 Å². The lowest BCUT2D eigenvalue weighted by molar-refractivity contribution is -0.00521. The summed E-state index contributed by atoms with van der Waals surface area (Å²) in [6.07, 6.45) is 0.461. The highest BCUT2D eigenvalue weighted by Crippen LogP contribution is 2.22. The number of rotatable bonds is 5. The van der Waals surface area contributed by atoms with Crippen molar-refractivity contribution in [3.05, 3.63) is 24.3 Å². The molecule has 1 aromatic carbocycles. The van der Waals surface area contributed by atoms with E-state index in [4.69, 9.17) is 4.74 Å². The highest BCUT2D eigenvalue weighted by Gasteiger charge is 2.22. The molecule has 1 fully saturated rings. The fourth-order valence-electron chi connectivity index (χ4n) is 2.93. The summed E-state index contributed by atoms with van der Waals surface area (Å²) in [5, 5.41) is 9.05. The Balaban J connectivity index is 1.79. The summed E-state index contributed by atoms with van der Waals surface area (Å²) in [4.78, 5) is 14.3. The number of nitrogens with zero attached hydrogens (tertiary/aromatic N) is 1. The third kappa shape index (κ3) is 6.92. The van der Waals surface area contributed by atoms with Crippen molar-refractivity contribution >= 4 is 17.4 Å². The van der Waals surface area contributed by atoms with Gasteiger partial charge in [0.05, 0.1) is 12.2 Å². The van der Waals surface area contributed by atoms with Crippen LogP contribution in [0.15, 0.2) is 24.3 Å². The molecule has 25 heavy (non-hydrogen) atoms. The molecule has 0 bridgehead atoms. The monoisotopic (exact) mass is 348 g/mol. The predicted molar refractivity (Wildman–Crippen MR) is 103 cm³/mol. The Bertz CT molecular complexity index is 544. The molecule has 1 aliphatic rings. The van der Waals surface area contributed by atoms with E-state index >= 15 is 0 Å². The van der Waals surface area contributed by atoms with Crippen molar-refractivity contribution in [2.24, 2.45) is 0 Å². The first-order chi connectivity index (χ1) is 11.7. The molecular formula is C19H32N4O2. The largest absolute Gasteiger partial charge is 0.372 e. The molecular weight excluding hydrogens is 316 g/mol. The maximum atomic E-state index is 11.9. The van der Waals surface area contributed by atoms with E-state index in [2.05, 4.69) is 55.5 Å². The number of anilines is 2. The SMILES string of the molecule is C[C@@H]1CN(c2ccc(NC(=O)NCCNC(C)(C)C)cc2)C[C@@H](C)O1. The summed E-state index contributed by atoms with van der Waals surface area (Å²) < 4.78 is 5.77. The topological polar surface area (TPSA) is 65.6 Å². The minimum absolute atomic E-state index is 0.0580. The van der Waals surface area contributed by atoms with Crippen LogP contribution < -0.4 is 20.9 Å². The molecule has 6 nitrogen and oxygen atoms in total. The molecule has 1 aromatic rings. The van der Waals surface area contributed by atoms with Crippen molar-refractivity contribution in [3.8, 4) is 0 Å². The van der Waals surface area contributed by atoms with Gasteiger partial charge in [0.2, 0.25) is 0 Å². The zero-order valence-electron chi connectivity index (χ0n) is 16.1. The molecule has 140 valence electrons. The van der Waals surface area contributed by atoms with Crippen molar-refractivity contribution in [3.63, 3.8) is 0 Å². The van der Waals surface area contributed by atoms with Gasteiger partial charge in [-0.2, -0.15) is 0 Å². The summed E-state index contributed by atoms with van der Waals surface area (Å²) in [5.41, 5.74) is 2.00. The van der Waals surface area contributed by atoms with Gasteiger partial charge in [-0.1, -0.05) is 0 Å². The first-order valence-corrected chi connectivity index (χ1v) is 9.03. The number of benzene rings is 1. The van der Waals surface area contributed by atoms with Gasteiger partial charge in [-0.3, -0.25) is 0 Å². The van der Waals surface area contributed by atoms with Gasteiger partial charge in [0.1, 0.15) is 0 Å². The molecule has 0 radical (unpaired) electrons. The lowest BCUT2D eigenvalue weighted by Gasteiger charge is -2.36. The smallest absolute Gasteiger partial charge is 0.319 e. The summed E-state index contributed by atoms with van der Waals surface area (Å²) in [5.74, 6) is 0. The van der Waals surface area contributed by atoms with Gasteiger partial charge in [-0.05, 0) is 58.9 Å². The Labute approximate surface area is 151 Å². The average Bonchev–Trinajstić information content (AvgIpc) is 2.50. The Morgan fingerprint density at radius 1 is 1.12 bits per heavy atom. The van der Waals surface area contributed by atoms with Crippen LogP contribution >= 0.6 is 0 Å². The number of hydrogen-bond donors (Lipinski definition) is 3. The summed E-state index contributed by atoms with van der Waals surface area (Å²) in [6.45, 7) is 13.6. The number of carbonyl (C=O) groups is 1. The van der Waals surface area contributed by atoms with E-state index in [1.807, 2.05) is 24.3 Å². The number of nitrogens with one attached hydrogen (secondary N) is 3. The Morgan fingerprint density at radius 3 is 2.28 bits per heavy atom. The minimum atomic E-state index is -0.183. The van der Waals surface area contributed by atoms with E-state index in [1.54, 1.807) is 0 Å². The molecule has 1 aliphatic heterocycles. The predicted octanol–water partition coefficient (Wildman–Crippen LogP) is 2.81. The Morgan fingerprint density at radius 2 is 1.72 bits per heavy atom. The number of urea groups is 1. The van der Waals surface area contributed by atoms with E-state index in [-0.39, 0.29) is 23.8 Å². The average molecular weight is 348 g/mol. The number of ether oxygens (including phenoxy) is 1. The lowest BCUT2D eigenvalue weighted by Crippen LogP contribution is -2.45. The summed E-state index contributed by atoms with van der Waals surface area (Å²) >= 11 is 0. The molecule has 0 saturated carbocycles. The number of morpholine rings is 1. The van der Waals surface area contributed by atoms with Crippen LogP contribution in [-0.2, 0) is 4.74 Å². The molecule has 2 rings (SSSR count). The molecule has 2 atom stereocenters. The van der Waals surface area contributed by atoms with Crippen LogP contribution in [-0.4, -0.2) is 50.0 Å². The lowest BCUT2D eigenvalue weighted by atomic mass is 10.1. The van der Waals surface area contributed by atoms with E-state index in [1.165, 1.54) is 0 Å². The van der Waals surface area contributed by atoms with Gasteiger partial charge in [0, 0.05) is 43.1 Å². The second-order valence-corrected chi connectivity index (χ2v) is 7.77. The second-order valence-electron chi connectivity index (χ2n) is 7.77. The normalized spacial score (nSPS) is 21.1. The minimum Gasteiger partial charge on any atom is -0.372 e. The molecule has 0 aliphatic carbocycles. The Hall–Kier alpha value is -1.79. The van der Waals surface area contributed by atoms with Gasteiger partial charge in [-0.15, -0.1) is 0 Å². The van der Waals surface area contributed by atoms with Gasteiger partial charge >= 0.3 is 6.03 Å². The first kappa shape index (κ1) is 19.5. The molecule has 6 heteroatoms. The van der Waals surface area contributed by atoms with E-state index in [0.29, 0.717) is 6.54 Å². The van der Waals surface area contributed by atoms with E-state index in [0.717, 1.165) is 31.0 Å². The van der Waals surface area contributed by atoms with E-state index in [9.17, 15) is 4.79 Å². The number of amides is 2. The van der Waals surface area contributed by atoms with Crippen molar-refractivity contribution in [2.75, 3.05) is 36.4 Å². The highest BCUT2D eigenvalue weighted by atomic mass is 16.5. The zero-order chi connectivity index (χ0) is 18.4. The molecule has 0 unspecified atom stereocenters.